The Balaban J connectivity index is 1.77. The van der Waals surface area contributed by atoms with Gasteiger partial charge in [0.2, 0.25) is 0 Å². The molecule has 166 valence electrons. The molecule has 4 nitrogen and oxygen atoms in total. The van der Waals surface area contributed by atoms with Gasteiger partial charge < -0.3 is 4.74 Å². The number of nitrogens with zero attached hydrogens (tertiary/aromatic N) is 2. The Kier molecular flexibility index (Phi) is 8.23. The summed E-state index contributed by atoms with van der Waals surface area (Å²) in [4.78, 5) is 20.6. The molecule has 2 aromatic carbocycles. The molecule has 0 spiro atoms. The lowest BCUT2D eigenvalue weighted by Crippen LogP contribution is -1.98. The quantitative estimate of drug-likeness (QED) is 0.143. The van der Waals surface area contributed by atoms with Crippen LogP contribution in [0, 0.1) is 6.92 Å². The Morgan fingerprint density at radius 2 is 1.91 bits per heavy atom. The zero-order valence-corrected chi connectivity index (χ0v) is 19.4. The molecule has 9 heteroatoms. The fraction of sp³-hybridized carbons (Fsp3) is 0.174. The van der Waals surface area contributed by atoms with Gasteiger partial charge >= 0.3 is 0 Å². The molecular formula is C23H18Cl2F2N2O2S. The van der Waals surface area contributed by atoms with Crippen LogP contribution >= 0.6 is 35.0 Å². The van der Waals surface area contributed by atoms with Crippen LogP contribution in [-0.4, -0.2) is 22.9 Å². The maximum atomic E-state index is 13.0. The van der Waals surface area contributed by atoms with Gasteiger partial charge in [-0.15, -0.1) is 0 Å². The standard InChI is InChI=1S/C23H18Cl2F2N2O2S/c1-13-9-19(22(26)27)29-23(28-13)32-12-16-10-14(4-8-21(16)31-2)3-7-20(30)15-5-6-17(24)18(25)11-15/h3-11,22H,12H2,1-2H3/b7-3+. The number of hydrogen-bond acceptors (Lipinski definition) is 5. The molecule has 3 aromatic rings. The van der Waals surface area contributed by atoms with Crippen LogP contribution in [-0.2, 0) is 5.75 Å². The first-order chi connectivity index (χ1) is 15.3. The van der Waals surface area contributed by atoms with Crippen molar-refractivity contribution in [2.75, 3.05) is 7.11 Å². The number of rotatable bonds is 8. The van der Waals surface area contributed by atoms with Crippen molar-refractivity contribution in [2.24, 2.45) is 0 Å². The highest BCUT2D eigenvalue weighted by Crippen LogP contribution is 2.29. The molecule has 32 heavy (non-hydrogen) atoms. The molecule has 0 aliphatic carbocycles. The van der Waals surface area contributed by atoms with Crippen molar-refractivity contribution < 1.29 is 18.3 Å². The first kappa shape index (κ1) is 24.2. The predicted molar refractivity (Wildman–Crippen MR) is 124 cm³/mol. The molecule has 1 heterocycles. The van der Waals surface area contributed by atoms with Crippen molar-refractivity contribution in [3.8, 4) is 5.75 Å². The number of thioether (sulfide) groups is 1. The van der Waals surface area contributed by atoms with E-state index in [1.54, 1.807) is 38.3 Å². The van der Waals surface area contributed by atoms with Crippen LogP contribution in [0.1, 0.15) is 39.3 Å². The number of aryl methyl sites for hydroxylation is 1. The third kappa shape index (κ3) is 6.28. The van der Waals surface area contributed by atoms with E-state index >= 15 is 0 Å². The molecule has 0 bridgehead atoms. The molecule has 0 saturated carbocycles. The second-order valence-electron chi connectivity index (χ2n) is 6.70. The van der Waals surface area contributed by atoms with E-state index in [9.17, 15) is 13.6 Å². The van der Waals surface area contributed by atoms with Gasteiger partial charge in [-0.2, -0.15) is 0 Å². The number of benzene rings is 2. The molecule has 0 radical (unpaired) electrons. The van der Waals surface area contributed by atoms with Gasteiger partial charge in [0.25, 0.3) is 6.43 Å². The fourth-order valence-corrected chi connectivity index (χ4v) is 4.00. The smallest absolute Gasteiger partial charge is 0.280 e. The van der Waals surface area contributed by atoms with Crippen molar-refractivity contribution >= 4 is 46.8 Å². The number of hydrogen-bond donors (Lipinski definition) is 0. The molecule has 1 aromatic heterocycles. The van der Waals surface area contributed by atoms with Crippen LogP contribution in [0.3, 0.4) is 0 Å². The monoisotopic (exact) mass is 494 g/mol. The summed E-state index contributed by atoms with van der Waals surface area (Å²) in [6, 6.07) is 11.4. The van der Waals surface area contributed by atoms with Crippen LogP contribution in [0.4, 0.5) is 8.78 Å². The Morgan fingerprint density at radius 3 is 2.59 bits per heavy atom. The van der Waals surface area contributed by atoms with E-state index in [1.165, 1.54) is 30.0 Å². The number of carbonyl (C=O) groups is 1. The molecule has 3 rings (SSSR count). The van der Waals surface area contributed by atoms with Crippen molar-refractivity contribution in [2.45, 2.75) is 24.3 Å². The Hall–Kier alpha value is -2.48. The highest BCUT2D eigenvalue weighted by atomic mass is 35.5. The van der Waals surface area contributed by atoms with Crippen LogP contribution in [0.5, 0.6) is 5.75 Å². The summed E-state index contributed by atoms with van der Waals surface area (Å²) in [6.07, 6.45) is 0.458. The number of ether oxygens (including phenoxy) is 1. The molecule has 0 amide bonds. The second-order valence-corrected chi connectivity index (χ2v) is 8.46. The molecule has 0 aliphatic rings. The van der Waals surface area contributed by atoms with E-state index < -0.39 is 6.43 Å². The van der Waals surface area contributed by atoms with E-state index in [4.69, 9.17) is 27.9 Å². The number of allylic oxidation sites excluding steroid dienone is 1. The molecule has 0 N–H and O–H groups in total. The highest BCUT2D eigenvalue weighted by Gasteiger charge is 2.13. The summed E-state index contributed by atoms with van der Waals surface area (Å²) in [7, 11) is 1.55. The van der Waals surface area contributed by atoms with Gasteiger partial charge in [-0.1, -0.05) is 47.1 Å². The Bertz CT molecular complexity index is 1170. The molecular weight excluding hydrogens is 477 g/mol. The zero-order chi connectivity index (χ0) is 23.3. The number of alkyl halides is 2. The lowest BCUT2D eigenvalue weighted by molar-refractivity contribution is 0.104. The van der Waals surface area contributed by atoms with Crippen molar-refractivity contribution in [3.63, 3.8) is 0 Å². The normalized spacial score (nSPS) is 11.3. The predicted octanol–water partition coefficient (Wildman–Crippen LogP) is 7.23. The Morgan fingerprint density at radius 1 is 1.12 bits per heavy atom. The SMILES string of the molecule is COc1ccc(/C=C/C(=O)c2ccc(Cl)c(Cl)c2)cc1CSc1nc(C)cc(C(F)F)n1. The average Bonchev–Trinajstić information content (AvgIpc) is 2.77. The third-order valence-corrected chi connectivity index (χ3v) is 6.00. The minimum atomic E-state index is -2.66. The molecule has 0 saturated heterocycles. The largest absolute Gasteiger partial charge is 0.496 e. The first-order valence-corrected chi connectivity index (χ1v) is 11.1. The maximum Gasteiger partial charge on any atom is 0.280 e. The summed E-state index contributed by atoms with van der Waals surface area (Å²) in [5, 5.41) is 0.948. The zero-order valence-electron chi connectivity index (χ0n) is 17.1. The summed E-state index contributed by atoms with van der Waals surface area (Å²) in [5.74, 6) is 0.813. The van der Waals surface area contributed by atoms with Crippen LogP contribution in [0.2, 0.25) is 10.0 Å². The highest BCUT2D eigenvalue weighted by molar-refractivity contribution is 7.98. The van der Waals surface area contributed by atoms with Gasteiger partial charge in [0.15, 0.2) is 10.9 Å². The summed E-state index contributed by atoms with van der Waals surface area (Å²) >= 11 is 13.1. The van der Waals surface area contributed by atoms with Crippen LogP contribution in [0.25, 0.3) is 6.08 Å². The minimum Gasteiger partial charge on any atom is -0.496 e. The fourth-order valence-electron chi connectivity index (χ4n) is 2.82. The van der Waals surface area contributed by atoms with Crippen molar-refractivity contribution in [1.82, 2.24) is 9.97 Å². The van der Waals surface area contributed by atoms with Crippen LogP contribution in [0.15, 0.2) is 53.7 Å². The third-order valence-electron chi connectivity index (χ3n) is 4.37. The van der Waals surface area contributed by atoms with E-state index in [1.807, 2.05) is 12.1 Å². The Labute approximate surface area is 198 Å². The van der Waals surface area contributed by atoms with E-state index in [0.29, 0.717) is 32.8 Å². The van der Waals surface area contributed by atoms with E-state index in [0.717, 1.165) is 11.1 Å². The minimum absolute atomic E-state index is 0.219. The number of halogens is 4. The summed E-state index contributed by atoms with van der Waals surface area (Å²) in [6.45, 7) is 1.65. The average molecular weight is 495 g/mol. The number of carbonyl (C=O) groups excluding carboxylic acids is 1. The molecule has 0 unspecified atom stereocenters. The van der Waals surface area contributed by atoms with Crippen LogP contribution < -0.4 is 4.74 Å². The van der Waals surface area contributed by atoms with E-state index in [2.05, 4.69) is 9.97 Å². The molecule has 0 aliphatic heterocycles. The molecule has 0 fully saturated rings. The lowest BCUT2D eigenvalue weighted by Gasteiger charge is -2.10. The van der Waals surface area contributed by atoms with Gasteiger partial charge in [0.1, 0.15) is 11.4 Å². The van der Waals surface area contributed by atoms with Gasteiger partial charge in [-0.05, 0) is 55.0 Å². The lowest BCUT2D eigenvalue weighted by atomic mass is 10.1. The first-order valence-electron chi connectivity index (χ1n) is 9.37. The summed E-state index contributed by atoms with van der Waals surface area (Å²) < 4.78 is 31.4. The van der Waals surface area contributed by atoms with Crippen molar-refractivity contribution in [1.29, 1.82) is 0 Å². The summed E-state index contributed by atoms with van der Waals surface area (Å²) in [5.41, 5.74) is 2.18. The topological polar surface area (TPSA) is 52.1 Å². The second kappa shape index (κ2) is 10.9. The van der Waals surface area contributed by atoms with Gasteiger partial charge in [0.05, 0.1) is 17.2 Å². The number of aromatic nitrogens is 2. The van der Waals surface area contributed by atoms with Gasteiger partial charge in [0, 0.05) is 22.6 Å². The van der Waals surface area contributed by atoms with Crippen molar-refractivity contribution in [3.05, 3.63) is 86.7 Å². The van der Waals surface area contributed by atoms with Gasteiger partial charge in [-0.3, -0.25) is 4.79 Å². The van der Waals surface area contributed by atoms with Gasteiger partial charge in [-0.25, -0.2) is 18.7 Å². The number of methoxy groups -OCH3 is 1. The number of ketones is 1. The van der Waals surface area contributed by atoms with E-state index in [-0.39, 0.29) is 16.6 Å². The maximum absolute atomic E-state index is 13.0. The molecule has 0 atom stereocenters.